The van der Waals surface area contributed by atoms with Gasteiger partial charge in [0.25, 0.3) is 5.56 Å². The van der Waals surface area contributed by atoms with Gasteiger partial charge in [-0.1, -0.05) is 23.7 Å². The minimum absolute atomic E-state index is 0.189. The van der Waals surface area contributed by atoms with Crippen LogP contribution in [0.25, 0.3) is 22.5 Å². The highest BCUT2D eigenvalue weighted by Gasteiger charge is 2.18. The fourth-order valence-electron chi connectivity index (χ4n) is 4.64. The van der Waals surface area contributed by atoms with E-state index in [-0.39, 0.29) is 22.6 Å². The predicted octanol–water partition coefficient (Wildman–Crippen LogP) is 3.59. The molecule has 0 saturated carbocycles. The molecule has 0 unspecified atom stereocenters. The van der Waals surface area contributed by atoms with Crippen molar-refractivity contribution < 1.29 is 9.13 Å². The monoisotopic (exact) mass is 548 g/mol. The fraction of sp³-hybridized carbons (Fsp3) is 0.259. The van der Waals surface area contributed by atoms with E-state index in [1.54, 1.807) is 53.2 Å². The number of ether oxygens (including phenoxy) is 1. The summed E-state index contributed by atoms with van der Waals surface area (Å²) in [6.45, 7) is 5.17. The number of nitrogens with zero attached hydrogens (tertiary/aromatic N) is 7. The van der Waals surface area contributed by atoms with E-state index in [2.05, 4.69) is 37.1 Å². The van der Waals surface area contributed by atoms with Crippen molar-refractivity contribution in [1.82, 2.24) is 33.7 Å². The van der Waals surface area contributed by atoms with Crippen molar-refractivity contribution in [2.45, 2.75) is 0 Å². The van der Waals surface area contributed by atoms with Crippen LogP contribution in [0.2, 0.25) is 5.02 Å². The van der Waals surface area contributed by atoms with Crippen molar-refractivity contribution in [2.24, 2.45) is 0 Å². The number of piperazine rings is 1. The number of hydrogen-bond donors (Lipinski definition) is 1. The molecule has 4 heterocycles. The summed E-state index contributed by atoms with van der Waals surface area (Å²) in [4.78, 5) is 31.2. The van der Waals surface area contributed by atoms with Crippen LogP contribution >= 0.6 is 11.6 Å². The Labute approximate surface area is 228 Å². The third-order valence-electron chi connectivity index (χ3n) is 6.79. The summed E-state index contributed by atoms with van der Waals surface area (Å²) in [6.07, 6.45) is 4.72. The van der Waals surface area contributed by atoms with E-state index in [0.717, 1.165) is 32.7 Å². The Bertz CT molecular complexity index is 1710. The highest BCUT2D eigenvalue weighted by atomic mass is 35.5. The van der Waals surface area contributed by atoms with Crippen molar-refractivity contribution in [1.29, 1.82) is 0 Å². The summed E-state index contributed by atoms with van der Waals surface area (Å²) in [7, 11) is 2.11. The lowest BCUT2D eigenvalue weighted by Gasteiger charge is -2.32. The number of benzene rings is 2. The number of fused-ring (bicyclic) bond motifs is 3. The van der Waals surface area contributed by atoms with Gasteiger partial charge in [0.1, 0.15) is 12.0 Å². The number of aromatic nitrogens is 5. The topological polar surface area (TPSA) is 92.8 Å². The molecule has 1 saturated heterocycles. The van der Waals surface area contributed by atoms with Crippen molar-refractivity contribution in [2.75, 3.05) is 51.7 Å². The van der Waals surface area contributed by atoms with E-state index in [4.69, 9.17) is 16.3 Å². The quantitative estimate of drug-likeness (QED) is 0.330. The minimum atomic E-state index is -0.487. The second-order valence-electron chi connectivity index (χ2n) is 9.38. The standard InChI is InChI=1S/C27H26ClFN8O2/c1-34-10-12-35(13-11-34)14-15-39-23-7-6-18(16-21(23)29)32-26-31-17-19-24(33-26)36-9-8-30-27(36)37(25(19)38)22-5-3-2-4-20(22)28/h2-9,16-17H,10-15H2,1H3,(H,31,32,33). The predicted molar refractivity (Wildman–Crippen MR) is 148 cm³/mol. The molecule has 10 nitrogen and oxygen atoms in total. The first kappa shape index (κ1) is 25.2. The maximum absolute atomic E-state index is 14.8. The van der Waals surface area contributed by atoms with E-state index in [1.807, 2.05) is 0 Å². The molecule has 200 valence electrons. The van der Waals surface area contributed by atoms with Crippen LogP contribution < -0.4 is 15.6 Å². The smallest absolute Gasteiger partial charge is 0.270 e. The average molecular weight is 549 g/mol. The van der Waals surface area contributed by atoms with E-state index < -0.39 is 5.82 Å². The van der Waals surface area contributed by atoms with Crippen molar-refractivity contribution >= 4 is 40.0 Å². The van der Waals surface area contributed by atoms with Gasteiger partial charge in [0.05, 0.1) is 10.7 Å². The lowest BCUT2D eigenvalue weighted by molar-refractivity contribution is 0.132. The zero-order valence-corrected chi connectivity index (χ0v) is 22.0. The Morgan fingerprint density at radius 2 is 1.92 bits per heavy atom. The molecule has 2 aromatic carbocycles. The minimum Gasteiger partial charge on any atom is -0.489 e. The van der Waals surface area contributed by atoms with Gasteiger partial charge in [0.15, 0.2) is 17.2 Å². The molecule has 6 rings (SSSR count). The van der Waals surface area contributed by atoms with E-state index in [1.165, 1.54) is 16.8 Å². The van der Waals surface area contributed by atoms with Gasteiger partial charge in [-0.05, 0) is 31.3 Å². The molecule has 1 N–H and O–H groups in total. The van der Waals surface area contributed by atoms with Gasteiger partial charge in [-0.25, -0.2) is 18.9 Å². The van der Waals surface area contributed by atoms with Gasteiger partial charge in [-0.2, -0.15) is 4.98 Å². The van der Waals surface area contributed by atoms with E-state index in [9.17, 15) is 9.18 Å². The fourth-order valence-corrected chi connectivity index (χ4v) is 4.86. The molecule has 0 atom stereocenters. The third kappa shape index (κ3) is 5.03. The molecule has 0 bridgehead atoms. The molecule has 39 heavy (non-hydrogen) atoms. The van der Waals surface area contributed by atoms with Crippen LogP contribution in [0.15, 0.2) is 65.8 Å². The second-order valence-corrected chi connectivity index (χ2v) is 9.79. The van der Waals surface area contributed by atoms with Crippen LogP contribution in [0.1, 0.15) is 0 Å². The van der Waals surface area contributed by atoms with Crippen LogP contribution in [0.4, 0.5) is 16.0 Å². The van der Waals surface area contributed by atoms with E-state index >= 15 is 0 Å². The van der Waals surface area contributed by atoms with Crippen molar-refractivity contribution in [3.05, 3.63) is 82.2 Å². The third-order valence-corrected chi connectivity index (χ3v) is 7.11. The number of halogens is 2. The summed E-state index contributed by atoms with van der Waals surface area (Å²) in [5.41, 5.74) is 0.959. The number of rotatable bonds is 7. The number of nitrogens with one attached hydrogen (secondary N) is 1. The van der Waals surface area contributed by atoms with Gasteiger partial charge in [0.2, 0.25) is 11.7 Å². The second kappa shape index (κ2) is 10.6. The zero-order chi connectivity index (χ0) is 26.9. The first-order valence-corrected chi connectivity index (χ1v) is 13.0. The maximum atomic E-state index is 14.8. The molecule has 1 aliphatic rings. The number of para-hydroxylation sites is 1. The molecule has 5 aromatic rings. The van der Waals surface area contributed by atoms with Crippen molar-refractivity contribution in [3.63, 3.8) is 0 Å². The zero-order valence-electron chi connectivity index (χ0n) is 21.2. The summed E-state index contributed by atoms with van der Waals surface area (Å²) in [5, 5.41) is 3.71. The summed E-state index contributed by atoms with van der Waals surface area (Å²) in [6, 6.07) is 11.7. The molecule has 0 radical (unpaired) electrons. The Morgan fingerprint density at radius 1 is 1.10 bits per heavy atom. The Morgan fingerprint density at radius 3 is 2.72 bits per heavy atom. The van der Waals surface area contributed by atoms with Gasteiger partial charge >= 0.3 is 0 Å². The van der Waals surface area contributed by atoms with Crippen molar-refractivity contribution in [3.8, 4) is 11.4 Å². The Hall–Kier alpha value is -4.06. The highest BCUT2D eigenvalue weighted by Crippen LogP contribution is 2.25. The molecular formula is C27H26ClFN8O2. The largest absolute Gasteiger partial charge is 0.489 e. The van der Waals surface area contributed by atoms with Crippen LogP contribution in [0, 0.1) is 5.82 Å². The highest BCUT2D eigenvalue weighted by molar-refractivity contribution is 6.32. The SMILES string of the molecule is CN1CCN(CCOc2ccc(Nc3ncc4c(=O)n(-c5ccccc5Cl)c5nccn5c4n3)cc2F)CC1. The lowest BCUT2D eigenvalue weighted by atomic mass is 10.3. The summed E-state index contributed by atoms with van der Waals surface area (Å²) in [5.74, 6) is 0.262. The molecule has 0 amide bonds. The summed E-state index contributed by atoms with van der Waals surface area (Å²) >= 11 is 6.38. The number of likely N-dealkylation sites (N-methyl/N-ethyl adjacent to an activating group) is 1. The molecule has 1 fully saturated rings. The molecular weight excluding hydrogens is 523 g/mol. The van der Waals surface area contributed by atoms with Gasteiger partial charge in [-0.3, -0.25) is 14.1 Å². The average Bonchev–Trinajstić information content (AvgIpc) is 3.42. The first-order valence-electron chi connectivity index (χ1n) is 12.6. The maximum Gasteiger partial charge on any atom is 0.270 e. The number of hydrogen-bond acceptors (Lipinski definition) is 8. The van der Waals surface area contributed by atoms with Crippen LogP contribution in [0.3, 0.4) is 0 Å². The van der Waals surface area contributed by atoms with Crippen LogP contribution in [-0.4, -0.2) is 80.1 Å². The van der Waals surface area contributed by atoms with Crippen LogP contribution in [-0.2, 0) is 0 Å². The number of anilines is 2. The Balaban J connectivity index is 1.22. The number of imidazole rings is 1. The molecule has 3 aromatic heterocycles. The molecule has 0 aliphatic carbocycles. The normalized spacial score (nSPS) is 14.7. The van der Waals surface area contributed by atoms with Gasteiger partial charge in [0, 0.05) is 63.1 Å². The van der Waals surface area contributed by atoms with Crippen LogP contribution in [0.5, 0.6) is 5.75 Å². The lowest BCUT2D eigenvalue weighted by Crippen LogP contribution is -2.45. The van der Waals surface area contributed by atoms with Gasteiger partial charge in [-0.15, -0.1) is 0 Å². The molecule has 0 spiro atoms. The molecule has 12 heteroatoms. The first-order chi connectivity index (χ1) is 19.0. The van der Waals surface area contributed by atoms with E-state index in [0.29, 0.717) is 34.4 Å². The Kier molecular flexibility index (Phi) is 6.86. The summed E-state index contributed by atoms with van der Waals surface area (Å²) < 4.78 is 23.6. The van der Waals surface area contributed by atoms with Gasteiger partial charge < -0.3 is 15.0 Å². The molecule has 1 aliphatic heterocycles.